The Kier molecular flexibility index (Phi) is 5.90. The van der Waals surface area contributed by atoms with Crippen LogP contribution in [0.3, 0.4) is 0 Å². The molecule has 1 unspecified atom stereocenters. The number of benzene rings is 1. The lowest BCUT2D eigenvalue weighted by atomic mass is 10.0. The van der Waals surface area contributed by atoms with Crippen LogP contribution in [-0.4, -0.2) is 13.7 Å². The third-order valence-electron chi connectivity index (χ3n) is 3.06. The van der Waals surface area contributed by atoms with Gasteiger partial charge in [-0.1, -0.05) is 30.7 Å². The van der Waals surface area contributed by atoms with E-state index in [-0.39, 0.29) is 6.04 Å². The van der Waals surface area contributed by atoms with E-state index in [9.17, 15) is 0 Å². The van der Waals surface area contributed by atoms with E-state index in [1.165, 1.54) is 10.4 Å². The minimum atomic E-state index is 0.280. The Morgan fingerprint density at radius 2 is 2.05 bits per heavy atom. The molecule has 0 aliphatic rings. The smallest absolute Gasteiger partial charge is 0.118 e. The third kappa shape index (κ3) is 3.98. The molecule has 0 aliphatic heterocycles. The summed E-state index contributed by atoms with van der Waals surface area (Å²) >= 11 is 11.3. The van der Waals surface area contributed by atoms with Crippen molar-refractivity contribution in [2.24, 2.45) is 0 Å². The van der Waals surface area contributed by atoms with Gasteiger partial charge in [-0.15, -0.1) is 11.3 Å². The number of hydrogen-bond donors (Lipinski definition) is 1. The Hall–Kier alpha value is -0.550. The predicted molar refractivity (Wildman–Crippen MR) is 90.1 cm³/mol. The summed E-state index contributed by atoms with van der Waals surface area (Å²) in [5, 5.41) is 4.30. The molecule has 1 aromatic heterocycles. The third-order valence-corrected chi connectivity index (χ3v) is 5.65. The van der Waals surface area contributed by atoms with Crippen LogP contribution in [0.15, 0.2) is 34.1 Å². The van der Waals surface area contributed by atoms with E-state index in [4.69, 9.17) is 16.3 Å². The Morgan fingerprint density at radius 1 is 1.35 bits per heavy atom. The molecule has 1 atom stereocenters. The highest BCUT2D eigenvalue weighted by molar-refractivity contribution is 9.11. The number of methoxy groups -OCH3 is 1. The summed E-state index contributed by atoms with van der Waals surface area (Å²) < 4.78 is 6.18. The van der Waals surface area contributed by atoms with Crippen LogP contribution in [0, 0.1) is 0 Å². The molecule has 20 heavy (non-hydrogen) atoms. The molecule has 1 heterocycles. The number of halogens is 2. The average molecular weight is 375 g/mol. The second-order valence-electron chi connectivity index (χ2n) is 4.43. The zero-order valence-corrected chi connectivity index (χ0v) is 14.6. The molecule has 2 rings (SSSR count). The molecule has 0 bridgehead atoms. The largest absolute Gasteiger partial charge is 0.497 e. The number of likely N-dealkylation sites (N-methyl/N-ethyl adjacent to an activating group) is 1. The van der Waals surface area contributed by atoms with Gasteiger partial charge in [-0.2, -0.15) is 0 Å². The second kappa shape index (κ2) is 7.46. The van der Waals surface area contributed by atoms with Crippen LogP contribution in [0.25, 0.3) is 0 Å². The summed E-state index contributed by atoms with van der Waals surface area (Å²) in [6, 6.07) is 10.5. The van der Waals surface area contributed by atoms with Crippen LogP contribution in [0.1, 0.15) is 23.4 Å². The number of hydrogen-bond acceptors (Lipinski definition) is 3. The van der Waals surface area contributed by atoms with E-state index >= 15 is 0 Å². The average Bonchev–Trinajstić information content (AvgIpc) is 2.79. The summed E-state index contributed by atoms with van der Waals surface area (Å²) in [6.45, 7) is 3.04. The molecule has 1 aromatic carbocycles. The van der Waals surface area contributed by atoms with E-state index in [1.54, 1.807) is 18.4 Å². The second-order valence-corrected chi connectivity index (χ2v) is 7.24. The van der Waals surface area contributed by atoms with Gasteiger partial charge in [0.25, 0.3) is 0 Å². The van der Waals surface area contributed by atoms with Gasteiger partial charge in [0.05, 0.1) is 15.9 Å². The zero-order valence-electron chi connectivity index (χ0n) is 11.5. The molecule has 2 nitrogen and oxygen atoms in total. The first kappa shape index (κ1) is 15.8. The van der Waals surface area contributed by atoms with Gasteiger partial charge in [-0.25, -0.2) is 0 Å². The minimum absolute atomic E-state index is 0.280. The molecule has 5 heteroatoms. The van der Waals surface area contributed by atoms with Crippen molar-refractivity contribution in [3.8, 4) is 5.75 Å². The van der Waals surface area contributed by atoms with Crippen molar-refractivity contribution in [1.29, 1.82) is 0 Å². The van der Waals surface area contributed by atoms with Gasteiger partial charge < -0.3 is 10.1 Å². The van der Waals surface area contributed by atoms with Gasteiger partial charge in [-0.05, 0) is 52.7 Å². The molecule has 108 valence electrons. The van der Waals surface area contributed by atoms with Gasteiger partial charge in [-0.3, -0.25) is 0 Å². The highest BCUT2D eigenvalue weighted by Crippen LogP contribution is 2.36. The molecule has 2 aromatic rings. The maximum absolute atomic E-state index is 6.14. The molecule has 0 saturated carbocycles. The summed E-state index contributed by atoms with van der Waals surface area (Å²) in [5.41, 5.74) is 1.28. The first-order valence-electron chi connectivity index (χ1n) is 6.45. The fraction of sp³-hybridized carbons (Fsp3) is 0.333. The molecule has 0 radical (unpaired) electrons. The van der Waals surface area contributed by atoms with Crippen molar-refractivity contribution < 1.29 is 4.74 Å². The molecule has 0 aliphatic carbocycles. The lowest BCUT2D eigenvalue weighted by Gasteiger charge is -2.16. The lowest BCUT2D eigenvalue weighted by molar-refractivity contribution is 0.414. The van der Waals surface area contributed by atoms with E-state index in [0.717, 1.165) is 27.5 Å². The van der Waals surface area contributed by atoms with Crippen LogP contribution >= 0.6 is 38.9 Å². The van der Waals surface area contributed by atoms with Crippen molar-refractivity contribution in [2.75, 3.05) is 13.7 Å². The monoisotopic (exact) mass is 373 g/mol. The quantitative estimate of drug-likeness (QED) is 0.762. The van der Waals surface area contributed by atoms with Crippen LogP contribution in [0.5, 0.6) is 5.75 Å². The SMILES string of the molecule is CCNC(Cc1ccc(OC)cc1)c1cc(Cl)c(Br)s1. The van der Waals surface area contributed by atoms with Crippen molar-refractivity contribution >= 4 is 38.9 Å². The van der Waals surface area contributed by atoms with E-state index in [1.807, 2.05) is 18.2 Å². The Morgan fingerprint density at radius 3 is 2.55 bits per heavy atom. The van der Waals surface area contributed by atoms with Crippen molar-refractivity contribution in [1.82, 2.24) is 5.32 Å². The molecule has 1 N–H and O–H groups in total. The Labute approximate surface area is 137 Å². The fourth-order valence-electron chi connectivity index (χ4n) is 2.05. The summed E-state index contributed by atoms with van der Waals surface area (Å²) in [6.07, 6.45) is 0.932. The van der Waals surface area contributed by atoms with Crippen LogP contribution in [0.2, 0.25) is 5.02 Å². The standard InChI is InChI=1S/C15H17BrClNOS/c1-3-18-13(14-9-12(17)15(16)20-14)8-10-4-6-11(19-2)7-5-10/h4-7,9,13,18H,3,8H2,1-2H3. The molecule has 0 saturated heterocycles. The lowest BCUT2D eigenvalue weighted by Crippen LogP contribution is -2.22. The topological polar surface area (TPSA) is 21.3 Å². The molecular formula is C15H17BrClNOS. The van der Waals surface area contributed by atoms with E-state index in [2.05, 4.69) is 40.3 Å². The highest BCUT2D eigenvalue weighted by Gasteiger charge is 2.15. The van der Waals surface area contributed by atoms with E-state index in [0.29, 0.717) is 0 Å². The number of rotatable bonds is 6. The summed E-state index contributed by atoms with van der Waals surface area (Å²) in [4.78, 5) is 1.25. The number of thiophene rings is 1. The van der Waals surface area contributed by atoms with Gasteiger partial charge in [0.1, 0.15) is 5.75 Å². The van der Waals surface area contributed by atoms with Crippen molar-refractivity contribution in [3.05, 3.63) is 49.6 Å². The van der Waals surface area contributed by atoms with Gasteiger partial charge in [0.15, 0.2) is 0 Å². The van der Waals surface area contributed by atoms with Crippen LogP contribution in [0.4, 0.5) is 0 Å². The maximum Gasteiger partial charge on any atom is 0.118 e. The van der Waals surface area contributed by atoms with E-state index < -0.39 is 0 Å². The van der Waals surface area contributed by atoms with Crippen LogP contribution < -0.4 is 10.1 Å². The normalized spacial score (nSPS) is 12.4. The molecule has 0 fully saturated rings. The van der Waals surface area contributed by atoms with Crippen molar-refractivity contribution in [3.63, 3.8) is 0 Å². The summed E-state index contributed by atoms with van der Waals surface area (Å²) in [7, 11) is 1.68. The predicted octanol–water partition coefficient (Wildman–Crippen LogP) is 5.07. The fourth-order valence-corrected chi connectivity index (χ4v) is 3.87. The molecule has 0 amide bonds. The van der Waals surface area contributed by atoms with Crippen LogP contribution in [-0.2, 0) is 6.42 Å². The Bertz CT molecular complexity index is 536. The maximum atomic E-state index is 6.14. The van der Waals surface area contributed by atoms with Gasteiger partial charge >= 0.3 is 0 Å². The first-order chi connectivity index (χ1) is 9.63. The highest BCUT2D eigenvalue weighted by atomic mass is 79.9. The number of nitrogens with one attached hydrogen (secondary N) is 1. The Balaban J connectivity index is 2.15. The summed E-state index contributed by atoms with van der Waals surface area (Å²) in [5.74, 6) is 0.885. The zero-order chi connectivity index (χ0) is 14.5. The molecular weight excluding hydrogens is 358 g/mol. The van der Waals surface area contributed by atoms with Crippen molar-refractivity contribution in [2.45, 2.75) is 19.4 Å². The first-order valence-corrected chi connectivity index (χ1v) is 8.43. The van der Waals surface area contributed by atoms with Gasteiger partial charge in [0, 0.05) is 10.9 Å². The number of ether oxygens (including phenoxy) is 1. The van der Waals surface area contributed by atoms with Gasteiger partial charge in [0.2, 0.25) is 0 Å². The molecule has 0 spiro atoms. The minimum Gasteiger partial charge on any atom is -0.497 e.